The van der Waals surface area contributed by atoms with Crippen molar-refractivity contribution in [2.45, 2.75) is 40.5 Å². The van der Waals surface area contributed by atoms with Crippen molar-refractivity contribution in [1.29, 1.82) is 0 Å². The Labute approximate surface area is 256 Å². The molecular formula is C24H26N7O7S4+. The van der Waals surface area contributed by atoms with E-state index in [1.165, 1.54) is 47.7 Å². The van der Waals surface area contributed by atoms with E-state index in [4.69, 9.17) is 10.6 Å². The molecule has 3 aliphatic heterocycles. The zero-order chi connectivity index (χ0) is 30.3. The second-order valence-electron chi connectivity index (χ2n) is 9.83. The summed E-state index contributed by atoms with van der Waals surface area (Å²) in [6.07, 6.45) is 3.96. The van der Waals surface area contributed by atoms with Gasteiger partial charge in [-0.1, -0.05) is 16.9 Å². The summed E-state index contributed by atoms with van der Waals surface area (Å²) in [5.41, 5.74) is 5.16. The number of anilines is 2. The maximum atomic E-state index is 13.2. The maximum absolute atomic E-state index is 13.2. The van der Waals surface area contributed by atoms with Crippen LogP contribution in [0.5, 0.6) is 0 Å². The lowest BCUT2D eigenvalue weighted by atomic mass is 10.0. The second kappa shape index (κ2) is 11.7. The van der Waals surface area contributed by atoms with Crippen molar-refractivity contribution in [1.82, 2.24) is 15.2 Å². The largest absolute Gasteiger partial charge is 0.478 e. The van der Waals surface area contributed by atoms with Crippen LogP contribution in [-0.4, -0.2) is 82.8 Å². The van der Waals surface area contributed by atoms with Crippen molar-refractivity contribution >= 4 is 86.9 Å². The number of aromatic nitrogens is 2. The minimum absolute atomic E-state index is 0.0161. The van der Waals surface area contributed by atoms with Crippen LogP contribution in [0.4, 0.5) is 10.8 Å². The van der Waals surface area contributed by atoms with Crippen LogP contribution in [0, 0.1) is 0 Å². The highest BCUT2D eigenvalue weighted by atomic mass is 32.2. The molecule has 6 N–H and O–H groups in total. The number of carboxylic acids is 2. The number of thiazole rings is 1. The number of aryl methyl sites for hydroxylation is 1. The number of aliphatic carboxylic acids is 2. The molecule has 2 unspecified atom stereocenters. The summed E-state index contributed by atoms with van der Waals surface area (Å²) in [6.45, 7) is 2.51. The number of nitrogens with one attached hydrogen (secondary N) is 2. The number of carbonyl (C=O) groups is 4. The third kappa shape index (κ3) is 5.88. The summed E-state index contributed by atoms with van der Waals surface area (Å²) < 4.78 is 1.94. The van der Waals surface area contributed by atoms with Crippen LogP contribution < -0.4 is 20.9 Å². The summed E-state index contributed by atoms with van der Waals surface area (Å²) in [7, 11) is 1.94. The zero-order valence-electron chi connectivity index (χ0n) is 22.4. The van der Waals surface area contributed by atoms with Gasteiger partial charge in [-0.3, -0.25) is 14.5 Å². The van der Waals surface area contributed by atoms with Crippen LogP contribution in [0.25, 0.3) is 0 Å². The van der Waals surface area contributed by atoms with E-state index >= 15 is 0 Å². The highest BCUT2D eigenvalue weighted by Crippen LogP contribution is 2.45. The fraction of sp³-hybridized carbons (Fsp3) is 0.375. The standard InChI is InChI=1S/C24H25N7O7S4/c1-24(2,21(36)37)38-29-14(12-9-40-22(25)26-12)17(32)28-15-18(33)31-16(20(34)35)10(7-39-19(15)31)8-41-23-27-11-4-5-30(3)6-13(11)42-23/h4-6,9,15,19,23H,7-8H2,1-3H3,(H5,25,26,28,32,34,35,36,37)/p+1/b29-14-/t15?,19-,23?/m1/s1. The molecular weight excluding hydrogens is 627 g/mol. The molecule has 2 amide bonds. The smallest absolute Gasteiger partial charge is 0.352 e. The van der Waals surface area contributed by atoms with Crippen molar-refractivity contribution in [3.8, 4) is 0 Å². The summed E-state index contributed by atoms with van der Waals surface area (Å²) in [6, 6.07) is 0.944. The first-order chi connectivity index (χ1) is 19.9. The Morgan fingerprint density at radius 1 is 1.38 bits per heavy atom. The molecule has 1 fully saturated rings. The third-order valence-corrected chi connectivity index (χ3v) is 10.9. The van der Waals surface area contributed by atoms with Crippen LogP contribution in [0.1, 0.15) is 19.5 Å². The van der Waals surface area contributed by atoms with Gasteiger partial charge in [-0.15, -0.1) is 34.9 Å². The molecule has 42 heavy (non-hydrogen) atoms. The normalized spacial score (nSPS) is 21.7. The predicted octanol–water partition coefficient (Wildman–Crippen LogP) is 1.11. The number of hydrogen-bond donors (Lipinski definition) is 5. The number of pyridine rings is 1. The molecule has 2 aromatic rings. The van der Waals surface area contributed by atoms with Gasteiger partial charge in [0, 0.05) is 23.0 Å². The molecule has 222 valence electrons. The van der Waals surface area contributed by atoms with E-state index in [1.807, 2.05) is 30.1 Å². The Hall–Kier alpha value is -3.48. The molecule has 3 atom stereocenters. The fourth-order valence-corrected chi connectivity index (χ4v) is 8.62. The number of nitrogens with two attached hydrogens (primary N) is 1. The van der Waals surface area contributed by atoms with Crippen LogP contribution in [-0.2, 0) is 31.1 Å². The lowest BCUT2D eigenvalue weighted by Crippen LogP contribution is -2.71. The van der Waals surface area contributed by atoms with Gasteiger partial charge in [0.2, 0.25) is 5.60 Å². The third-order valence-electron chi connectivity index (χ3n) is 6.38. The van der Waals surface area contributed by atoms with E-state index in [2.05, 4.69) is 20.8 Å². The number of nitrogens with zero attached hydrogens (tertiary/aromatic N) is 4. The average molecular weight is 653 g/mol. The summed E-state index contributed by atoms with van der Waals surface area (Å²) in [5.74, 6) is -3.21. The molecule has 2 aromatic heterocycles. The Bertz CT molecular complexity index is 1540. The lowest BCUT2D eigenvalue weighted by Gasteiger charge is -2.49. The van der Waals surface area contributed by atoms with E-state index < -0.39 is 40.8 Å². The number of fused-ring (bicyclic) bond motifs is 2. The summed E-state index contributed by atoms with van der Waals surface area (Å²) >= 11 is 5.56. The van der Waals surface area contributed by atoms with Gasteiger partial charge < -0.3 is 31.4 Å². The molecule has 14 nitrogen and oxygen atoms in total. The molecule has 0 spiro atoms. The van der Waals surface area contributed by atoms with Gasteiger partial charge in [-0.2, -0.15) is 0 Å². The van der Waals surface area contributed by atoms with Gasteiger partial charge >= 0.3 is 11.9 Å². The number of oxime groups is 1. The monoisotopic (exact) mass is 652 g/mol. The Kier molecular flexibility index (Phi) is 8.32. The molecule has 0 bridgehead atoms. The van der Waals surface area contributed by atoms with Gasteiger partial charge in [0.25, 0.3) is 11.8 Å². The molecule has 1 saturated heterocycles. The van der Waals surface area contributed by atoms with Crippen molar-refractivity contribution in [2.75, 3.05) is 22.6 Å². The molecule has 5 rings (SSSR count). The van der Waals surface area contributed by atoms with E-state index in [9.17, 15) is 29.4 Å². The number of carbonyl (C=O) groups excluding carboxylic acids is 2. The van der Waals surface area contributed by atoms with E-state index in [0.717, 1.165) is 21.9 Å². The first kappa shape index (κ1) is 30.0. The van der Waals surface area contributed by atoms with E-state index in [1.54, 1.807) is 11.8 Å². The van der Waals surface area contributed by atoms with Gasteiger partial charge in [0.05, 0.1) is 10.6 Å². The molecule has 5 heterocycles. The van der Waals surface area contributed by atoms with Crippen molar-refractivity contribution in [3.05, 3.63) is 40.8 Å². The molecule has 0 aromatic carbocycles. The van der Waals surface area contributed by atoms with Crippen molar-refractivity contribution in [3.63, 3.8) is 0 Å². The quantitative estimate of drug-likeness (QED) is 0.106. The Balaban J connectivity index is 1.28. The second-order valence-corrected chi connectivity index (χ2v) is 14.4. The minimum atomic E-state index is -1.75. The number of amides is 2. The number of nitrogen functional groups attached to an aromatic ring is 1. The van der Waals surface area contributed by atoms with Gasteiger partial charge in [-0.25, -0.2) is 19.1 Å². The minimum Gasteiger partial charge on any atom is -0.478 e. The lowest BCUT2D eigenvalue weighted by molar-refractivity contribution is -0.673. The Morgan fingerprint density at radius 3 is 2.81 bits per heavy atom. The number of hydrogen-bond acceptors (Lipinski definition) is 13. The van der Waals surface area contributed by atoms with Gasteiger partial charge in [-0.05, 0) is 19.4 Å². The summed E-state index contributed by atoms with van der Waals surface area (Å²) in [4.78, 5) is 61.6. The highest BCUT2D eigenvalue weighted by molar-refractivity contribution is 8.17. The van der Waals surface area contributed by atoms with E-state index in [0.29, 0.717) is 17.1 Å². The first-order valence-corrected chi connectivity index (χ1v) is 16.2. The van der Waals surface area contributed by atoms with Crippen molar-refractivity contribution in [2.24, 2.45) is 12.2 Å². The number of rotatable bonds is 10. The zero-order valence-corrected chi connectivity index (χ0v) is 25.7. The van der Waals surface area contributed by atoms with Crippen LogP contribution >= 0.6 is 46.6 Å². The molecule has 0 aliphatic carbocycles. The number of β-lactam (4-membered cyclic amide) rings is 1. The van der Waals surface area contributed by atoms with E-state index in [-0.39, 0.29) is 26.9 Å². The van der Waals surface area contributed by atoms with Gasteiger partial charge in [0.15, 0.2) is 23.2 Å². The first-order valence-electron chi connectivity index (χ1n) is 12.3. The predicted molar refractivity (Wildman–Crippen MR) is 159 cm³/mol. The van der Waals surface area contributed by atoms with Crippen LogP contribution in [0.2, 0.25) is 0 Å². The highest BCUT2D eigenvalue weighted by Gasteiger charge is 2.54. The molecule has 18 heteroatoms. The van der Waals surface area contributed by atoms with Crippen LogP contribution in [0.3, 0.4) is 0 Å². The number of carboxylic acid groups (broad SMARTS) is 2. The van der Waals surface area contributed by atoms with Gasteiger partial charge in [0.1, 0.15) is 34.6 Å². The Morgan fingerprint density at radius 2 is 2.14 bits per heavy atom. The van der Waals surface area contributed by atoms with Crippen LogP contribution in [0.15, 0.2) is 45.2 Å². The maximum Gasteiger partial charge on any atom is 0.352 e. The topological polar surface area (TPSA) is 200 Å². The van der Waals surface area contributed by atoms with Crippen molar-refractivity contribution < 1.29 is 38.8 Å². The molecule has 3 aliphatic rings. The SMILES string of the molecule is C[n+]1ccc2c(c1)SC(SCC1=C(C(=O)O)N3C(=O)C(NC(=O)/C(=N\OC(C)(C)C(=O)O)c4csc(N)n4)[C@H]3SC1)N2. The summed E-state index contributed by atoms with van der Waals surface area (Å²) in [5, 5.41) is 30.0. The number of thioether (sulfide) groups is 3. The average Bonchev–Trinajstić information content (AvgIpc) is 3.54. The molecule has 0 radical (unpaired) electrons. The fourth-order valence-electron chi connectivity index (χ4n) is 4.11. The molecule has 0 saturated carbocycles.